The van der Waals surface area contributed by atoms with Crippen LogP contribution in [-0.2, 0) is 16.0 Å². The number of nitrogens with one attached hydrogen (secondary N) is 1. The van der Waals surface area contributed by atoms with Crippen molar-refractivity contribution in [2.45, 2.75) is 25.4 Å². The number of nitrogens with zero attached hydrogens (tertiary/aromatic N) is 4. The van der Waals surface area contributed by atoms with E-state index in [2.05, 4.69) is 15.5 Å². The van der Waals surface area contributed by atoms with E-state index in [4.69, 9.17) is 4.74 Å². The highest BCUT2D eigenvalue weighted by Gasteiger charge is 2.33. The number of piperidine rings is 1. The van der Waals surface area contributed by atoms with Crippen LogP contribution in [0.15, 0.2) is 66.9 Å². The zero-order chi connectivity index (χ0) is 24.9. The smallest absolute Gasteiger partial charge is 0.231 e. The molecule has 1 aromatic heterocycles. The molecule has 0 unspecified atom stereocenters. The number of carbonyl (C=O) groups is 2. The fourth-order valence-electron chi connectivity index (χ4n) is 4.49. The summed E-state index contributed by atoms with van der Waals surface area (Å²) in [5.41, 5.74) is 1.15. The number of ether oxygens (including phenoxy) is 1. The van der Waals surface area contributed by atoms with Gasteiger partial charge in [-0.2, -0.15) is 5.10 Å². The molecule has 2 aliphatic rings. The summed E-state index contributed by atoms with van der Waals surface area (Å²) in [6.07, 6.45) is 3.13. The Bertz CT molecular complexity index is 1190. The van der Waals surface area contributed by atoms with Gasteiger partial charge in [-0.1, -0.05) is 18.2 Å². The minimum atomic E-state index is -0.347. The number of likely N-dealkylation sites (tertiary alicyclic amines) is 1. The van der Waals surface area contributed by atoms with Crippen molar-refractivity contribution in [2.75, 3.05) is 36.4 Å². The Kier molecular flexibility index (Phi) is 7.06. The fourth-order valence-corrected chi connectivity index (χ4v) is 4.49. The van der Waals surface area contributed by atoms with Gasteiger partial charge in [-0.25, -0.2) is 4.39 Å². The van der Waals surface area contributed by atoms with Crippen molar-refractivity contribution >= 4 is 23.3 Å². The zero-order valence-corrected chi connectivity index (χ0v) is 19.8. The van der Waals surface area contributed by atoms with Gasteiger partial charge in [0.1, 0.15) is 17.7 Å². The lowest BCUT2D eigenvalue weighted by Crippen LogP contribution is -2.52. The van der Waals surface area contributed by atoms with Crippen molar-refractivity contribution in [3.63, 3.8) is 0 Å². The van der Waals surface area contributed by atoms with E-state index >= 15 is 0 Å². The van der Waals surface area contributed by atoms with Crippen LogP contribution in [0.2, 0.25) is 0 Å². The largest absolute Gasteiger partial charge is 0.490 e. The Labute approximate surface area is 209 Å². The third kappa shape index (κ3) is 5.62. The highest BCUT2D eigenvalue weighted by atomic mass is 19.1. The Morgan fingerprint density at radius 3 is 2.44 bits per heavy atom. The third-order valence-electron chi connectivity index (χ3n) is 6.65. The predicted octanol–water partition coefficient (Wildman–Crippen LogP) is 3.30. The molecule has 3 heterocycles. The van der Waals surface area contributed by atoms with E-state index in [-0.39, 0.29) is 36.1 Å². The predicted molar refractivity (Wildman–Crippen MR) is 133 cm³/mol. The molecular formula is C27H28FN5O3. The Hall–Kier alpha value is -4.01. The number of amides is 2. The molecule has 2 saturated heterocycles. The molecule has 0 atom stereocenters. The van der Waals surface area contributed by atoms with Crippen LogP contribution in [0.25, 0.3) is 0 Å². The van der Waals surface area contributed by atoms with E-state index in [1.807, 2.05) is 41.3 Å². The number of hydrogen-bond donors (Lipinski definition) is 1. The topological polar surface area (TPSA) is 87.7 Å². The van der Waals surface area contributed by atoms with Gasteiger partial charge in [-0.3, -0.25) is 9.59 Å². The van der Waals surface area contributed by atoms with Crippen LogP contribution in [0.5, 0.6) is 5.75 Å². The summed E-state index contributed by atoms with van der Waals surface area (Å²) in [6.45, 7) is 2.40. The maximum absolute atomic E-state index is 13.8. The first-order valence-corrected chi connectivity index (χ1v) is 12.2. The first-order chi connectivity index (χ1) is 17.5. The van der Waals surface area contributed by atoms with E-state index in [1.54, 1.807) is 29.3 Å². The van der Waals surface area contributed by atoms with E-state index in [9.17, 15) is 14.0 Å². The first kappa shape index (κ1) is 23.7. The van der Waals surface area contributed by atoms with Gasteiger partial charge in [0.2, 0.25) is 11.8 Å². The molecule has 5 rings (SSSR count). The van der Waals surface area contributed by atoms with Crippen molar-refractivity contribution in [1.82, 2.24) is 15.1 Å². The Morgan fingerprint density at radius 2 is 1.75 bits per heavy atom. The summed E-state index contributed by atoms with van der Waals surface area (Å²) in [6, 6.07) is 17.5. The van der Waals surface area contributed by atoms with Crippen LogP contribution >= 0.6 is 0 Å². The molecular weight excluding hydrogens is 461 g/mol. The van der Waals surface area contributed by atoms with Crippen molar-refractivity contribution in [1.29, 1.82) is 0 Å². The van der Waals surface area contributed by atoms with Gasteiger partial charge in [-0.15, -0.1) is 5.10 Å². The SMILES string of the molecule is O=C(Nc1ccc(OC2CCN(C(=O)Cc3ccccc3F)CC2)cc1)C1CN(c2cccnn2)C1. The molecule has 9 heteroatoms. The molecule has 186 valence electrons. The lowest BCUT2D eigenvalue weighted by Gasteiger charge is -2.38. The van der Waals surface area contributed by atoms with Crippen LogP contribution in [0.1, 0.15) is 18.4 Å². The lowest BCUT2D eigenvalue weighted by molar-refractivity contribution is -0.132. The second-order valence-corrected chi connectivity index (χ2v) is 9.16. The molecule has 0 aliphatic carbocycles. The monoisotopic (exact) mass is 489 g/mol. The number of benzene rings is 2. The quantitative estimate of drug-likeness (QED) is 0.548. The maximum atomic E-state index is 13.8. The molecule has 2 amide bonds. The summed E-state index contributed by atoms with van der Waals surface area (Å²) in [7, 11) is 0. The number of aromatic nitrogens is 2. The average Bonchev–Trinajstić information content (AvgIpc) is 2.87. The number of carbonyl (C=O) groups excluding carboxylic acids is 2. The molecule has 3 aromatic rings. The van der Waals surface area contributed by atoms with Gasteiger partial charge >= 0.3 is 0 Å². The third-order valence-corrected chi connectivity index (χ3v) is 6.65. The zero-order valence-electron chi connectivity index (χ0n) is 19.8. The van der Waals surface area contributed by atoms with Gasteiger partial charge in [0.15, 0.2) is 5.82 Å². The number of anilines is 2. The average molecular weight is 490 g/mol. The summed E-state index contributed by atoms with van der Waals surface area (Å²) in [4.78, 5) is 28.9. The summed E-state index contributed by atoms with van der Waals surface area (Å²) in [5.74, 6) is 0.987. The molecule has 8 nitrogen and oxygen atoms in total. The van der Waals surface area contributed by atoms with Gasteiger partial charge in [0, 0.05) is 50.9 Å². The number of rotatable bonds is 7. The van der Waals surface area contributed by atoms with E-state index < -0.39 is 0 Å². The van der Waals surface area contributed by atoms with E-state index in [0.29, 0.717) is 44.6 Å². The van der Waals surface area contributed by atoms with Crippen LogP contribution in [-0.4, -0.2) is 59.2 Å². The summed E-state index contributed by atoms with van der Waals surface area (Å²) >= 11 is 0. The van der Waals surface area contributed by atoms with Crippen LogP contribution in [0.4, 0.5) is 15.9 Å². The standard InChI is InChI=1S/C27H28FN5O3/c28-24-5-2-1-4-19(24)16-26(34)32-14-11-23(12-15-32)36-22-9-7-21(8-10-22)30-27(35)20-17-33(18-20)25-6-3-13-29-31-25/h1-10,13,20,23H,11-12,14-18H2,(H,30,35). The molecule has 2 aromatic carbocycles. The van der Waals surface area contributed by atoms with Gasteiger partial charge in [0.05, 0.1) is 12.3 Å². The van der Waals surface area contributed by atoms with Crippen LogP contribution in [0, 0.1) is 11.7 Å². The van der Waals surface area contributed by atoms with E-state index in [0.717, 1.165) is 17.3 Å². The van der Waals surface area contributed by atoms with Crippen molar-refractivity contribution in [3.8, 4) is 5.75 Å². The molecule has 0 bridgehead atoms. The second kappa shape index (κ2) is 10.7. The minimum absolute atomic E-state index is 0.00463. The summed E-state index contributed by atoms with van der Waals surface area (Å²) in [5, 5.41) is 10.9. The molecule has 2 fully saturated rings. The van der Waals surface area contributed by atoms with Gasteiger partial charge in [0.25, 0.3) is 0 Å². The van der Waals surface area contributed by atoms with Crippen molar-refractivity contribution in [3.05, 3.63) is 78.2 Å². The Balaban J connectivity index is 1.04. The van der Waals surface area contributed by atoms with Gasteiger partial charge < -0.3 is 19.9 Å². The van der Waals surface area contributed by atoms with Crippen molar-refractivity contribution in [2.24, 2.45) is 5.92 Å². The molecule has 0 spiro atoms. The first-order valence-electron chi connectivity index (χ1n) is 12.2. The molecule has 1 N–H and O–H groups in total. The highest BCUT2D eigenvalue weighted by Crippen LogP contribution is 2.25. The highest BCUT2D eigenvalue weighted by molar-refractivity contribution is 5.94. The number of halogens is 1. The van der Waals surface area contributed by atoms with E-state index in [1.165, 1.54) is 6.07 Å². The molecule has 36 heavy (non-hydrogen) atoms. The summed E-state index contributed by atoms with van der Waals surface area (Å²) < 4.78 is 19.9. The fraction of sp³-hybridized carbons (Fsp3) is 0.333. The lowest BCUT2D eigenvalue weighted by atomic mass is 9.99. The molecule has 0 saturated carbocycles. The molecule has 0 radical (unpaired) electrons. The maximum Gasteiger partial charge on any atom is 0.231 e. The molecule has 2 aliphatic heterocycles. The minimum Gasteiger partial charge on any atom is -0.490 e. The van der Waals surface area contributed by atoms with Crippen LogP contribution < -0.4 is 15.0 Å². The normalized spacial score (nSPS) is 16.4. The second-order valence-electron chi connectivity index (χ2n) is 9.16. The Morgan fingerprint density at radius 1 is 1.00 bits per heavy atom. The van der Waals surface area contributed by atoms with Crippen molar-refractivity contribution < 1.29 is 18.7 Å². The van der Waals surface area contributed by atoms with Gasteiger partial charge in [-0.05, 0) is 48.0 Å². The van der Waals surface area contributed by atoms with Crippen LogP contribution in [0.3, 0.4) is 0 Å². The number of hydrogen-bond acceptors (Lipinski definition) is 6.